The molecule has 0 spiro atoms. The summed E-state index contributed by atoms with van der Waals surface area (Å²) in [5.74, 6) is -0.590. The third-order valence-electron chi connectivity index (χ3n) is 1.52. The van der Waals surface area contributed by atoms with E-state index in [-0.39, 0.29) is 5.84 Å². The highest BCUT2D eigenvalue weighted by atomic mass is 35.5. The Morgan fingerprint density at radius 3 is 2.93 bits per heavy atom. The van der Waals surface area contributed by atoms with Gasteiger partial charge in [0.05, 0.1) is 0 Å². The van der Waals surface area contributed by atoms with Crippen LogP contribution < -0.4 is 5.73 Å². The van der Waals surface area contributed by atoms with Gasteiger partial charge >= 0.3 is 5.97 Å². The second kappa shape index (κ2) is 5.17. The number of benzene rings is 1. The van der Waals surface area contributed by atoms with E-state index >= 15 is 0 Å². The lowest BCUT2D eigenvalue weighted by Gasteiger charge is -1.99. The van der Waals surface area contributed by atoms with E-state index in [1.54, 1.807) is 24.3 Å². The van der Waals surface area contributed by atoms with Gasteiger partial charge < -0.3 is 10.6 Å². The van der Waals surface area contributed by atoms with Crippen LogP contribution in [0.3, 0.4) is 0 Å². The van der Waals surface area contributed by atoms with E-state index < -0.39 is 5.97 Å². The number of hydrogen-bond donors (Lipinski definition) is 1. The maximum absolute atomic E-state index is 10.7. The molecule has 0 saturated carbocycles. The fourth-order valence-corrected chi connectivity index (χ4v) is 1.02. The lowest BCUT2D eigenvalue weighted by atomic mass is 10.2. The number of hydrogen-bond acceptors (Lipinski definition) is 3. The van der Waals surface area contributed by atoms with Crippen molar-refractivity contribution in [1.82, 2.24) is 0 Å². The van der Waals surface area contributed by atoms with Crippen molar-refractivity contribution < 1.29 is 9.63 Å². The van der Waals surface area contributed by atoms with Gasteiger partial charge in [0.2, 0.25) is 0 Å². The van der Waals surface area contributed by atoms with E-state index in [0.717, 1.165) is 6.08 Å². The number of nitrogens with two attached hydrogens (primary N) is 1. The number of amidine groups is 1. The molecule has 4 nitrogen and oxygen atoms in total. The van der Waals surface area contributed by atoms with E-state index in [4.69, 9.17) is 17.3 Å². The van der Waals surface area contributed by atoms with Crippen LogP contribution >= 0.6 is 11.6 Å². The summed E-state index contributed by atoms with van der Waals surface area (Å²) in [5, 5.41) is 3.95. The first-order chi connectivity index (χ1) is 7.13. The minimum atomic E-state index is -0.667. The van der Waals surface area contributed by atoms with E-state index in [0.29, 0.717) is 10.6 Å². The zero-order chi connectivity index (χ0) is 11.3. The van der Waals surface area contributed by atoms with Gasteiger partial charge in [-0.1, -0.05) is 35.5 Å². The average Bonchev–Trinajstić information content (AvgIpc) is 2.25. The Hall–Kier alpha value is -1.81. The quantitative estimate of drug-likeness (QED) is 0.279. The molecule has 0 radical (unpaired) electrons. The molecular weight excluding hydrogens is 216 g/mol. The Bertz CT molecular complexity index is 416. The largest absolute Gasteiger partial charge is 0.380 e. The van der Waals surface area contributed by atoms with E-state index in [1.165, 1.54) is 0 Å². The highest BCUT2D eigenvalue weighted by Crippen LogP contribution is 2.10. The molecule has 0 amide bonds. The van der Waals surface area contributed by atoms with E-state index in [2.05, 4.69) is 16.6 Å². The zero-order valence-corrected chi connectivity index (χ0v) is 8.57. The fraction of sp³-hybridized carbons (Fsp3) is 0. The van der Waals surface area contributed by atoms with E-state index in [9.17, 15) is 4.79 Å². The molecular formula is C10H9ClN2O2. The Labute approximate surface area is 92.0 Å². The number of rotatable bonds is 3. The number of nitrogens with zero attached hydrogens (tertiary/aromatic N) is 1. The Morgan fingerprint density at radius 1 is 1.60 bits per heavy atom. The molecule has 0 aliphatic carbocycles. The van der Waals surface area contributed by atoms with Crippen LogP contribution in [0.2, 0.25) is 5.02 Å². The summed E-state index contributed by atoms with van der Waals surface area (Å²) in [4.78, 5) is 15.1. The summed E-state index contributed by atoms with van der Waals surface area (Å²) in [7, 11) is 0. The van der Waals surface area contributed by atoms with Crippen molar-refractivity contribution in [3.05, 3.63) is 47.5 Å². The van der Waals surface area contributed by atoms with Crippen LogP contribution in [0.25, 0.3) is 0 Å². The first-order valence-corrected chi connectivity index (χ1v) is 4.44. The third kappa shape index (κ3) is 3.44. The fourth-order valence-electron chi connectivity index (χ4n) is 0.832. The van der Waals surface area contributed by atoms with Gasteiger partial charge in [-0.15, -0.1) is 0 Å². The van der Waals surface area contributed by atoms with Crippen LogP contribution in [0.5, 0.6) is 0 Å². The van der Waals surface area contributed by atoms with Crippen molar-refractivity contribution >= 4 is 23.4 Å². The van der Waals surface area contributed by atoms with Crippen molar-refractivity contribution in [1.29, 1.82) is 0 Å². The van der Waals surface area contributed by atoms with Gasteiger partial charge in [0.25, 0.3) is 0 Å². The smallest absolute Gasteiger partial charge is 0.358 e. The second-order valence-electron chi connectivity index (χ2n) is 2.60. The first-order valence-electron chi connectivity index (χ1n) is 4.06. The molecule has 1 aromatic rings. The van der Waals surface area contributed by atoms with Gasteiger partial charge in [-0.05, 0) is 12.1 Å². The SMILES string of the molecule is C=CC(=O)ON=C(N)c1cccc(Cl)c1. The lowest BCUT2D eigenvalue weighted by Crippen LogP contribution is -2.14. The van der Waals surface area contributed by atoms with Crippen LogP contribution in [-0.4, -0.2) is 11.8 Å². The molecule has 2 N–H and O–H groups in total. The molecule has 0 unspecified atom stereocenters. The molecule has 0 aliphatic rings. The van der Waals surface area contributed by atoms with Crippen molar-refractivity contribution in [3.63, 3.8) is 0 Å². The monoisotopic (exact) mass is 224 g/mol. The predicted molar refractivity (Wildman–Crippen MR) is 58.5 cm³/mol. The van der Waals surface area contributed by atoms with Crippen LogP contribution in [0, 0.1) is 0 Å². The molecule has 0 bridgehead atoms. The molecule has 0 atom stereocenters. The number of oxime groups is 1. The van der Waals surface area contributed by atoms with Gasteiger partial charge in [0.1, 0.15) is 0 Å². The minimum absolute atomic E-state index is 0.0766. The van der Waals surface area contributed by atoms with Gasteiger partial charge in [0, 0.05) is 16.7 Å². The standard InChI is InChI=1S/C10H9ClN2O2/c1-2-9(14)15-13-10(12)7-4-3-5-8(11)6-7/h2-6H,1H2,(H2,12,13). The highest BCUT2D eigenvalue weighted by Gasteiger charge is 2.01. The molecule has 78 valence electrons. The van der Waals surface area contributed by atoms with Gasteiger partial charge in [0.15, 0.2) is 5.84 Å². The maximum atomic E-state index is 10.7. The van der Waals surface area contributed by atoms with Gasteiger partial charge in [-0.2, -0.15) is 0 Å². The summed E-state index contributed by atoms with van der Waals surface area (Å²) >= 11 is 5.74. The highest BCUT2D eigenvalue weighted by molar-refractivity contribution is 6.31. The maximum Gasteiger partial charge on any atom is 0.358 e. The Kier molecular flexibility index (Phi) is 3.88. The Morgan fingerprint density at radius 2 is 2.33 bits per heavy atom. The summed E-state index contributed by atoms with van der Waals surface area (Å²) in [6.07, 6.45) is 0.995. The first kappa shape index (κ1) is 11.3. The average molecular weight is 225 g/mol. The zero-order valence-electron chi connectivity index (χ0n) is 7.81. The van der Waals surface area contributed by atoms with Crippen molar-refractivity contribution in [2.45, 2.75) is 0 Å². The molecule has 1 aromatic carbocycles. The van der Waals surface area contributed by atoms with Crippen molar-refractivity contribution in [2.75, 3.05) is 0 Å². The topological polar surface area (TPSA) is 64.7 Å². The molecule has 5 heteroatoms. The van der Waals surface area contributed by atoms with Crippen LogP contribution in [0.4, 0.5) is 0 Å². The number of halogens is 1. The second-order valence-corrected chi connectivity index (χ2v) is 3.04. The van der Waals surface area contributed by atoms with E-state index in [1.807, 2.05) is 0 Å². The molecule has 0 saturated heterocycles. The molecule has 15 heavy (non-hydrogen) atoms. The molecule has 0 aromatic heterocycles. The number of carbonyl (C=O) groups excluding carboxylic acids is 1. The third-order valence-corrected chi connectivity index (χ3v) is 1.76. The minimum Gasteiger partial charge on any atom is -0.380 e. The van der Waals surface area contributed by atoms with Crippen molar-refractivity contribution in [2.24, 2.45) is 10.9 Å². The summed E-state index contributed by atoms with van der Waals surface area (Å²) in [5.41, 5.74) is 6.13. The lowest BCUT2D eigenvalue weighted by molar-refractivity contribution is -0.137. The molecule has 0 heterocycles. The summed E-state index contributed by atoms with van der Waals surface area (Å²) < 4.78 is 0. The van der Waals surface area contributed by atoms with Crippen LogP contribution in [0.1, 0.15) is 5.56 Å². The summed E-state index contributed by atoms with van der Waals surface area (Å²) in [6, 6.07) is 6.73. The predicted octanol–water partition coefficient (Wildman–Crippen LogP) is 1.69. The Balaban J connectivity index is 2.80. The molecule has 0 aliphatic heterocycles. The van der Waals surface area contributed by atoms with Crippen LogP contribution in [-0.2, 0) is 9.63 Å². The number of carbonyl (C=O) groups is 1. The van der Waals surface area contributed by atoms with Crippen molar-refractivity contribution in [3.8, 4) is 0 Å². The summed E-state index contributed by atoms with van der Waals surface area (Å²) in [6.45, 7) is 3.22. The molecule has 0 fully saturated rings. The van der Waals surface area contributed by atoms with Crippen LogP contribution in [0.15, 0.2) is 42.1 Å². The molecule has 1 rings (SSSR count). The van der Waals surface area contributed by atoms with Gasteiger partial charge in [-0.25, -0.2) is 4.79 Å². The normalized spacial score (nSPS) is 10.9. The van der Waals surface area contributed by atoms with Gasteiger partial charge in [-0.3, -0.25) is 0 Å².